The molecule has 2 fully saturated rings. The molecule has 1 aromatic heterocycles. The van der Waals surface area contributed by atoms with Crippen LogP contribution in [-0.2, 0) is 16.0 Å². The van der Waals surface area contributed by atoms with Crippen molar-refractivity contribution < 1.29 is 14.3 Å². The molecule has 38 heavy (non-hydrogen) atoms. The van der Waals surface area contributed by atoms with E-state index in [4.69, 9.17) is 10.5 Å². The lowest BCUT2D eigenvalue weighted by molar-refractivity contribution is -0.140. The first-order valence-electron chi connectivity index (χ1n) is 14.1. The van der Waals surface area contributed by atoms with Crippen LogP contribution in [0.1, 0.15) is 63.0 Å². The number of benzene rings is 1. The maximum absolute atomic E-state index is 13.0. The fourth-order valence-corrected chi connectivity index (χ4v) is 5.85. The molecule has 0 spiro atoms. The monoisotopic (exact) mass is 517 g/mol. The van der Waals surface area contributed by atoms with Crippen LogP contribution in [-0.4, -0.2) is 59.0 Å². The zero-order valence-electron chi connectivity index (χ0n) is 22.3. The number of nitrogens with two attached hydrogens (primary N) is 1. The van der Waals surface area contributed by atoms with E-state index in [0.717, 1.165) is 69.9 Å². The molecule has 3 aliphatic rings. The Kier molecular flexibility index (Phi) is 8.25. The van der Waals surface area contributed by atoms with Crippen LogP contribution < -0.4 is 15.4 Å². The minimum atomic E-state index is -0.431. The number of primary amides is 1. The number of hydrogen-bond donors (Lipinski definition) is 1. The normalized spacial score (nSPS) is 22.3. The molecule has 2 saturated heterocycles. The molecule has 1 aromatic carbocycles. The van der Waals surface area contributed by atoms with Crippen molar-refractivity contribution in [1.29, 1.82) is 0 Å². The number of aryl methyl sites for hydroxylation is 1. The molecule has 2 aromatic rings. The standard InChI is InChI=1S/C30H39N5O3/c1-2-21-18-32-30(33-19-21)34-16-13-22(14-17-34)20-38-26-11-9-24(10-12-26)23-5-7-25(8-6-23)29(37)35-15-3-4-27(35)28(31)36/h5,9-12,18-19,22,25,27H,2-4,6-8,13-17,20H2,1H3,(H2,31,36)/t25?,27-/m0/s1. The minimum Gasteiger partial charge on any atom is -0.493 e. The van der Waals surface area contributed by atoms with Crippen molar-refractivity contribution >= 4 is 23.3 Å². The van der Waals surface area contributed by atoms with Gasteiger partial charge in [-0.05, 0) is 86.1 Å². The van der Waals surface area contributed by atoms with Crippen molar-refractivity contribution in [2.75, 3.05) is 31.1 Å². The number of rotatable bonds is 8. The Labute approximate surface area is 225 Å². The molecule has 2 N–H and O–H groups in total. The first-order chi connectivity index (χ1) is 18.5. The van der Waals surface area contributed by atoms with Crippen LogP contribution in [0, 0.1) is 11.8 Å². The van der Waals surface area contributed by atoms with E-state index in [-0.39, 0.29) is 17.7 Å². The number of piperidine rings is 1. The smallest absolute Gasteiger partial charge is 0.240 e. The molecule has 202 valence electrons. The van der Waals surface area contributed by atoms with Crippen molar-refractivity contribution in [2.45, 2.75) is 64.3 Å². The Morgan fingerprint density at radius 2 is 1.76 bits per heavy atom. The quantitative estimate of drug-likeness (QED) is 0.568. The molecule has 2 aliphatic heterocycles. The maximum Gasteiger partial charge on any atom is 0.240 e. The van der Waals surface area contributed by atoms with E-state index in [0.29, 0.717) is 25.3 Å². The van der Waals surface area contributed by atoms with Crippen molar-refractivity contribution in [3.8, 4) is 5.75 Å². The number of ether oxygens (including phenoxy) is 1. The second-order valence-electron chi connectivity index (χ2n) is 10.8. The summed E-state index contributed by atoms with van der Waals surface area (Å²) in [4.78, 5) is 37.7. The number of aromatic nitrogens is 2. The molecule has 0 saturated carbocycles. The Morgan fingerprint density at radius 3 is 2.39 bits per heavy atom. The molecular weight excluding hydrogens is 478 g/mol. The second-order valence-corrected chi connectivity index (χ2v) is 10.8. The number of nitrogens with zero attached hydrogens (tertiary/aromatic N) is 4. The highest BCUT2D eigenvalue weighted by Gasteiger charge is 2.36. The first-order valence-corrected chi connectivity index (χ1v) is 14.1. The van der Waals surface area contributed by atoms with Gasteiger partial charge in [-0.1, -0.05) is 25.1 Å². The van der Waals surface area contributed by atoms with Gasteiger partial charge in [0.2, 0.25) is 17.8 Å². The number of carbonyl (C=O) groups excluding carboxylic acids is 2. The van der Waals surface area contributed by atoms with E-state index in [1.807, 2.05) is 24.5 Å². The summed E-state index contributed by atoms with van der Waals surface area (Å²) < 4.78 is 6.14. The van der Waals surface area contributed by atoms with Gasteiger partial charge in [0, 0.05) is 37.9 Å². The second kappa shape index (κ2) is 12.0. The minimum absolute atomic E-state index is 0.0602. The van der Waals surface area contributed by atoms with Gasteiger partial charge >= 0.3 is 0 Å². The third kappa shape index (κ3) is 6.00. The summed E-state index contributed by atoms with van der Waals surface area (Å²) in [5.41, 5.74) is 9.13. The largest absolute Gasteiger partial charge is 0.493 e. The number of hydrogen-bond acceptors (Lipinski definition) is 6. The molecule has 0 bridgehead atoms. The third-order valence-electron chi connectivity index (χ3n) is 8.33. The van der Waals surface area contributed by atoms with Crippen molar-refractivity contribution in [1.82, 2.24) is 14.9 Å². The van der Waals surface area contributed by atoms with Crippen LogP contribution in [0.25, 0.3) is 5.57 Å². The number of amides is 2. The third-order valence-corrected chi connectivity index (χ3v) is 8.33. The summed E-state index contributed by atoms with van der Waals surface area (Å²) in [7, 11) is 0. The highest BCUT2D eigenvalue weighted by molar-refractivity contribution is 5.88. The molecule has 1 aliphatic carbocycles. The number of anilines is 1. The van der Waals surface area contributed by atoms with Gasteiger partial charge < -0.3 is 20.3 Å². The highest BCUT2D eigenvalue weighted by atomic mass is 16.5. The highest BCUT2D eigenvalue weighted by Crippen LogP contribution is 2.33. The Balaban J connectivity index is 1.07. The fraction of sp³-hybridized carbons (Fsp3) is 0.533. The predicted octanol–water partition coefficient (Wildman–Crippen LogP) is 3.99. The van der Waals surface area contributed by atoms with Crippen molar-refractivity contribution in [2.24, 2.45) is 17.6 Å². The van der Waals surface area contributed by atoms with Crippen LogP contribution in [0.15, 0.2) is 42.7 Å². The summed E-state index contributed by atoms with van der Waals surface area (Å²) in [5, 5.41) is 0. The number of carbonyl (C=O) groups is 2. The van der Waals surface area contributed by atoms with E-state index < -0.39 is 6.04 Å². The van der Waals surface area contributed by atoms with E-state index >= 15 is 0 Å². The summed E-state index contributed by atoms with van der Waals surface area (Å²) >= 11 is 0. The van der Waals surface area contributed by atoms with Crippen LogP contribution in [0.4, 0.5) is 5.95 Å². The van der Waals surface area contributed by atoms with Gasteiger partial charge in [-0.15, -0.1) is 0 Å². The number of allylic oxidation sites excluding steroid dienone is 2. The van der Waals surface area contributed by atoms with E-state index in [1.165, 1.54) is 16.7 Å². The molecule has 1 unspecified atom stereocenters. The Morgan fingerprint density at radius 1 is 1.03 bits per heavy atom. The van der Waals surface area contributed by atoms with Gasteiger partial charge in [0.05, 0.1) is 6.61 Å². The molecule has 8 nitrogen and oxygen atoms in total. The lowest BCUT2D eigenvalue weighted by Gasteiger charge is -2.31. The van der Waals surface area contributed by atoms with E-state index in [9.17, 15) is 9.59 Å². The van der Waals surface area contributed by atoms with Gasteiger partial charge in [0.25, 0.3) is 0 Å². The lowest BCUT2D eigenvalue weighted by Crippen LogP contribution is -2.46. The first kappa shape index (κ1) is 26.2. The lowest BCUT2D eigenvalue weighted by atomic mass is 9.85. The van der Waals surface area contributed by atoms with Gasteiger partial charge in [-0.25, -0.2) is 9.97 Å². The zero-order valence-corrected chi connectivity index (χ0v) is 22.3. The zero-order chi connectivity index (χ0) is 26.5. The van der Waals surface area contributed by atoms with Crippen LogP contribution in [0.5, 0.6) is 5.75 Å². The van der Waals surface area contributed by atoms with Crippen LogP contribution in [0.2, 0.25) is 0 Å². The SMILES string of the molecule is CCc1cnc(N2CCC(COc3ccc(C4=CCC(C(=O)N5CCC[C@H]5C(N)=O)CC4)cc3)CC2)nc1. The average molecular weight is 518 g/mol. The summed E-state index contributed by atoms with van der Waals surface area (Å²) in [6, 6.07) is 7.90. The summed E-state index contributed by atoms with van der Waals surface area (Å²) in [6.07, 6.45) is 13.0. The summed E-state index contributed by atoms with van der Waals surface area (Å²) in [6.45, 7) is 5.39. The molecule has 5 rings (SSSR count). The molecule has 2 atom stereocenters. The predicted molar refractivity (Wildman–Crippen MR) is 148 cm³/mol. The van der Waals surface area contributed by atoms with Gasteiger partial charge in [0.15, 0.2) is 0 Å². The average Bonchev–Trinajstić information content (AvgIpc) is 3.47. The maximum atomic E-state index is 13.0. The van der Waals surface area contributed by atoms with Gasteiger partial charge in [-0.3, -0.25) is 9.59 Å². The summed E-state index contributed by atoms with van der Waals surface area (Å²) in [5.74, 6) is 1.89. The molecule has 3 heterocycles. The van der Waals surface area contributed by atoms with Crippen molar-refractivity contribution in [3.05, 3.63) is 53.9 Å². The Bertz CT molecular complexity index is 1140. The fourth-order valence-electron chi connectivity index (χ4n) is 5.85. The van der Waals surface area contributed by atoms with Crippen LogP contribution in [0.3, 0.4) is 0 Å². The Hall–Kier alpha value is -3.42. The number of likely N-dealkylation sites (tertiary alicyclic amines) is 1. The molecule has 2 amide bonds. The van der Waals surface area contributed by atoms with Gasteiger partial charge in [0.1, 0.15) is 11.8 Å². The topological polar surface area (TPSA) is 102 Å². The molecule has 8 heteroatoms. The van der Waals surface area contributed by atoms with E-state index in [2.05, 4.69) is 40.0 Å². The van der Waals surface area contributed by atoms with Crippen LogP contribution >= 0.6 is 0 Å². The van der Waals surface area contributed by atoms with Gasteiger partial charge in [-0.2, -0.15) is 0 Å². The molecule has 0 radical (unpaired) electrons. The van der Waals surface area contributed by atoms with Crippen molar-refractivity contribution in [3.63, 3.8) is 0 Å². The van der Waals surface area contributed by atoms with E-state index in [1.54, 1.807) is 4.90 Å². The molecular formula is C30H39N5O3.